The number of fused-ring (bicyclic) bond motifs is 2. The van der Waals surface area contributed by atoms with Crippen LogP contribution in [-0.4, -0.2) is 40.1 Å². The van der Waals surface area contributed by atoms with E-state index in [1.807, 2.05) is 0 Å². The summed E-state index contributed by atoms with van der Waals surface area (Å²) in [7, 11) is 0. The minimum atomic E-state index is -0.275. The van der Waals surface area contributed by atoms with Crippen LogP contribution < -0.4 is 9.64 Å². The van der Waals surface area contributed by atoms with Crippen molar-refractivity contribution in [2.75, 3.05) is 18.0 Å². The first-order valence-corrected chi connectivity index (χ1v) is 8.43. The molecule has 6 nitrogen and oxygen atoms in total. The molecule has 1 aromatic heterocycles. The minimum Gasteiger partial charge on any atom is -0.486 e. The third-order valence-corrected chi connectivity index (χ3v) is 4.63. The maximum atomic E-state index is 12.9. The maximum Gasteiger partial charge on any atom is 0.227 e. The van der Waals surface area contributed by atoms with E-state index in [0.717, 1.165) is 44.2 Å². The lowest BCUT2D eigenvalue weighted by molar-refractivity contribution is 0.0297. The number of hydrogen-bond donors (Lipinski definition) is 0. The predicted octanol–water partition coefficient (Wildman–Crippen LogP) is 2.38. The number of rotatable bonds is 5. The van der Waals surface area contributed by atoms with Gasteiger partial charge >= 0.3 is 0 Å². The summed E-state index contributed by atoms with van der Waals surface area (Å²) in [5.41, 5.74) is 0. The SMILES string of the molecule is CCn1c(COc2ccc(F)cc2)nnc1N1CC2CCC(C1)O2. The summed E-state index contributed by atoms with van der Waals surface area (Å²) >= 11 is 0. The zero-order valence-electron chi connectivity index (χ0n) is 13.7. The van der Waals surface area contributed by atoms with E-state index in [-0.39, 0.29) is 5.82 Å². The van der Waals surface area contributed by atoms with Crippen molar-refractivity contribution < 1.29 is 13.9 Å². The molecule has 2 unspecified atom stereocenters. The average molecular weight is 332 g/mol. The molecule has 2 saturated heterocycles. The summed E-state index contributed by atoms with van der Waals surface area (Å²) in [5.74, 6) is 2.00. The highest BCUT2D eigenvalue weighted by Gasteiger charge is 2.35. The van der Waals surface area contributed by atoms with Crippen molar-refractivity contribution in [1.82, 2.24) is 14.8 Å². The van der Waals surface area contributed by atoms with Crippen LogP contribution in [0.2, 0.25) is 0 Å². The van der Waals surface area contributed by atoms with E-state index in [0.29, 0.717) is 24.6 Å². The van der Waals surface area contributed by atoms with Crippen LogP contribution >= 0.6 is 0 Å². The van der Waals surface area contributed by atoms with Gasteiger partial charge in [-0.25, -0.2) is 4.39 Å². The second-order valence-electron chi connectivity index (χ2n) is 6.27. The van der Waals surface area contributed by atoms with E-state index in [2.05, 4.69) is 26.6 Å². The van der Waals surface area contributed by atoms with Gasteiger partial charge in [-0.3, -0.25) is 4.57 Å². The highest BCUT2D eigenvalue weighted by molar-refractivity contribution is 5.33. The molecule has 2 aromatic rings. The van der Waals surface area contributed by atoms with Crippen molar-refractivity contribution in [3.05, 3.63) is 35.9 Å². The molecule has 2 atom stereocenters. The normalized spacial score (nSPS) is 22.8. The Hall–Kier alpha value is -2.15. The van der Waals surface area contributed by atoms with Gasteiger partial charge in [0.15, 0.2) is 5.82 Å². The third-order valence-electron chi connectivity index (χ3n) is 4.63. The van der Waals surface area contributed by atoms with E-state index in [4.69, 9.17) is 9.47 Å². The number of anilines is 1. The summed E-state index contributed by atoms with van der Waals surface area (Å²) in [6, 6.07) is 5.99. The first kappa shape index (κ1) is 15.4. The molecular formula is C17H21FN4O2. The Bertz CT molecular complexity index is 691. The second kappa shape index (κ2) is 6.39. The smallest absolute Gasteiger partial charge is 0.227 e. The zero-order chi connectivity index (χ0) is 16.5. The number of nitrogens with zero attached hydrogens (tertiary/aromatic N) is 4. The highest BCUT2D eigenvalue weighted by Crippen LogP contribution is 2.29. The molecule has 128 valence electrons. The standard InChI is InChI=1S/C17H21FN4O2/c1-2-22-16(11-23-13-5-3-12(18)4-6-13)19-20-17(22)21-9-14-7-8-15(10-21)24-14/h3-6,14-15H,2,7-11H2,1H3. The van der Waals surface area contributed by atoms with Crippen molar-refractivity contribution in [3.8, 4) is 5.75 Å². The topological polar surface area (TPSA) is 52.4 Å². The minimum absolute atomic E-state index is 0.275. The van der Waals surface area contributed by atoms with Crippen LogP contribution in [0.4, 0.5) is 10.3 Å². The number of benzene rings is 1. The molecule has 3 heterocycles. The lowest BCUT2D eigenvalue weighted by Gasteiger charge is -2.32. The number of halogens is 1. The van der Waals surface area contributed by atoms with E-state index >= 15 is 0 Å². The Labute approximate surface area is 140 Å². The van der Waals surface area contributed by atoms with Gasteiger partial charge in [0.2, 0.25) is 5.95 Å². The van der Waals surface area contributed by atoms with E-state index in [9.17, 15) is 4.39 Å². The van der Waals surface area contributed by atoms with Crippen LogP contribution in [0.1, 0.15) is 25.6 Å². The zero-order valence-corrected chi connectivity index (χ0v) is 13.7. The molecule has 0 radical (unpaired) electrons. The molecule has 0 amide bonds. The summed E-state index contributed by atoms with van der Waals surface area (Å²) in [6.45, 7) is 4.89. The number of aromatic nitrogens is 3. The molecule has 0 spiro atoms. The van der Waals surface area contributed by atoms with Crippen molar-refractivity contribution >= 4 is 5.95 Å². The van der Waals surface area contributed by atoms with Gasteiger partial charge in [0, 0.05) is 19.6 Å². The first-order chi connectivity index (χ1) is 11.7. The van der Waals surface area contributed by atoms with Crippen molar-refractivity contribution in [2.24, 2.45) is 0 Å². The Morgan fingerprint density at radius 3 is 2.54 bits per heavy atom. The molecule has 0 N–H and O–H groups in total. The van der Waals surface area contributed by atoms with E-state index in [1.54, 1.807) is 12.1 Å². The molecule has 0 saturated carbocycles. The molecule has 4 rings (SSSR count). The number of morpholine rings is 1. The molecule has 2 fully saturated rings. The number of ether oxygens (including phenoxy) is 2. The average Bonchev–Trinajstić information content (AvgIpc) is 3.16. The fraction of sp³-hybridized carbons (Fsp3) is 0.529. The predicted molar refractivity (Wildman–Crippen MR) is 86.5 cm³/mol. The third kappa shape index (κ3) is 2.96. The van der Waals surface area contributed by atoms with Crippen LogP contribution in [0.15, 0.2) is 24.3 Å². The van der Waals surface area contributed by atoms with E-state index in [1.165, 1.54) is 12.1 Å². The largest absolute Gasteiger partial charge is 0.486 e. The van der Waals surface area contributed by atoms with Crippen molar-refractivity contribution in [2.45, 2.75) is 45.1 Å². The Morgan fingerprint density at radius 2 is 1.88 bits per heavy atom. The Kier molecular flexibility index (Phi) is 4.10. The fourth-order valence-corrected chi connectivity index (χ4v) is 3.45. The van der Waals surface area contributed by atoms with Gasteiger partial charge in [0.1, 0.15) is 18.2 Å². The first-order valence-electron chi connectivity index (χ1n) is 8.43. The van der Waals surface area contributed by atoms with Gasteiger partial charge in [-0.2, -0.15) is 0 Å². The van der Waals surface area contributed by atoms with Gasteiger partial charge in [0.05, 0.1) is 12.2 Å². The van der Waals surface area contributed by atoms with Crippen LogP contribution in [0.25, 0.3) is 0 Å². The summed E-state index contributed by atoms with van der Waals surface area (Å²) in [5, 5.41) is 8.67. The monoisotopic (exact) mass is 332 g/mol. The Balaban J connectivity index is 1.48. The van der Waals surface area contributed by atoms with E-state index < -0.39 is 0 Å². The highest BCUT2D eigenvalue weighted by atomic mass is 19.1. The van der Waals surface area contributed by atoms with Crippen LogP contribution in [0.3, 0.4) is 0 Å². The van der Waals surface area contributed by atoms with Gasteiger partial charge in [0.25, 0.3) is 0 Å². The number of hydrogen-bond acceptors (Lipinski definition) is 5. The van der Waals surface area contributed by atoms with Gasteiger partial charge in [-0.05, 0) is 44.0 Å². The molecular weight excluding hydrogens is 311 g/mol. The quantitative estimate of drug-likeness (QED) is 0.841. The molecule has 1 aromatic carbocycles. The van der Waals surface area contributed by atoms with Crippen LogP contribution in [0, 0.1) is 5.82 Å². The maximum absolute atomic E-state index is 12.9. The molecule has 2 aliphatic rings. The lowest BCUT2D eigenvalue weighted by Crippen LogP contribution is -2.44. The summed E-state index contributed by atoms with van der Waals surface area (Å²) < 4.78 is 26.6. The van der Waals surface area contributed by atoms with Gasteiger partial charge < -0.3 is 14.4 Å². The second-order valence-corrected chi connectivity index (χ2v) is 6.27. The lowest BCUT2D eigenvalue weighted by atomic mass is 10.2. The van der Waals surface area contributed by atoms with Crippen molar-refractivity contribution in [3.63, 3.8) is 0 Å². The molecule has 7 heteroatoms. The summed E-state index contributed by atoms with van der Waals surface area (Å²) in [6.07, 6.45) is 2.87. The van der Waals surface area contributed by atoms with Crippen molar-refractivity contribution in [1.29, 1.82) is 0 Å². The fourth-order valence-electron chi connectivity index (χ4n) is 3.45. The molecule has 0 aliphatic carbocycles. The molecule has 24 heavy (non-hydrogen) atoms. The molecule has 2 bridgehead atoms. The van der Waals surface area contributed by atoms with Gasteiger partial charge in [-0.15, -0.1) is 10.2 Å². The van der Waals surface area contributed by atoms with Gasteiger partial charge in [-0.1, -0.05) is 0 Å². The molecule has 2 aliphatic heterocycles. The van der Waals surface area contributed by atoms with Crippen LogP contribution in [0.5, 0.6) is 5.75 Å². The summed E-state index contributed by atoms with van der Waals surface area (Å²) in [4.78, 5) is 2.27. The Morgan fingerprint density at radius 1 is 1.17 bits per heavy atom. The van der Waals surface area contributed by atoms with Crippen LogP contribution in [-0.2, 0) is 17.9 Å².